The Bertz CT molecular complexity index is 1140. The van der Waals surface area contributed by atoms with E-state index in [0.717, 1.165) is 0 Å². The van der Waals surface area contributed by atoms with Crippen molar-refractivity contribution >= 4 is 41.9 Å². The lowest BCUT2D eigenvalue weighted by Gasteiger charge is -2.09. The fourth-order valence-electron chi connectivity index (χ4n) is 2.59. The highest BCUT2D eigenvalue weighted by molar-refractivity contribution is 9.11. The zero-order chi connectivity index (χ0) is 20.8. The number of rotatable bonds is 4. The molecule has 5 nitrogen and oxygen atoms in total. The van der Waals surface area contributed by atoms with E-state index in [9.17, 15) is 26.0 Å². The van der Waals surface area contributed by atoms with E-state index in [1.807, 2.05) is 0 Å². The molecule has 2 N–H and O–H groups in total. The van der Waals surface area contributed by atoms with Gasteiger partial charge >= 0.3 is 0 Å². The Morgan fingerprint density at radius 1 is 0.964 bits per heavy atom. The monoisotopic (exact) mass is 542 g/mol. The predicted octanol–water partition coefficient (Wildman–Crippen LogP) is 5.40. The van der Waals surface area contributed by atoms with Gasteiger partial charge in [-0.1, -0.05) is 37.0 Å². The van der Waals surface area contributed by atoms with Crippen LogP contribution in [0.1, 0.15) is 12.2 Å². The minimum absolute atomic E-state index is 0.112. The molecule has 0 aliphatic rings. The second kappa shape index (κ2) is 7.58. The molecule has 1 heterocycles. The Balaban J connectivity index is 2.31. The highest BCUT2D eigenvalue weighted by Crippen LogP contribution is 2.41. The Morgan fingerprint density at radius 3 is 1.96 bits per heavy atom. The molecular weight excluding hydrogens is 536 g/mol. The van der Waals surface area contributed by atoms with Gasteiger partial charge in [-0.25, -0.2) is 31.1 Å². The molecule has 12 heteroatoms. The van der Waals surface area contributed by atoms with E-state index in [0.29, 0.717) is 26.6 Å². The molecule has 0 fully saturated rings. The van der Waals surface area contributed by atoms with E-state index in [2.05, 4.69) is 37.0 Å². The van der Waals surface area contributed by atoms with E-state index in [1.54, 1.807) is 6.07 Å². The first-order valence-electron chi connectivity index (χ1n) is 7.25. The molecule has 0 radical (unpaired) electrons. The van der Waals surface area contributed by atoms with Crippen LogP contribution in [0.2, 0.25) is 0 Å². The highest BCUT2D eigenvalue weighted by atomic mass is 79.9. The summed E-state index contributed by atoms with van der Waals surface area (Å²) in [7, 11) is -4.70. The number of benzene rings is 2. The van der Waals surface area contributed by atoms with Gasteiger partial charge in [0.25, 0.3) is 6.43 Å². The molecule has 148 valence electrons. The lowest BCUT2D eigenvalue weighted by Crippen LogP contribution is -2.16. The van der Waals surface area contributed by atoms with Crippen LogP contribution >= 0.6 is 31.9 Å². The second-order valence-corrected chi connectivity index (χ2v) is 8.87. The largest absolute Gasteiger partial charge is 0.354 e. The Kier molecular flexibility index (Phi) is 5.67. The van der Waals surface area contributed by atoms with Crippen molar-refractivity contribution in [3.8, 4) is 22.4 Å². The summed E-state index contributed by atoms with van der Waals surface area (Å²) in [5, 5.41) is 8.40. The van der Waals surface area contributed by atoms with Gasteiger partial charge in [0, 0.05) is 14.5 Å². The van der Waals surface area contributed by atoms with Gasteiger partial charge in [0.15, 0.2) is 4.90 Å². The van der Waals surface area contributed by atoms with Gasteiger partial charge in [0.1, 0.15) is 17.3 Å². The Hall–Kier alpha value is -1.76. The lowest BCUT2D eigenvalue weighted by molar-refractivity contribution is 0.113. The molecule has 0 amide bonds. The molecule has 1 aromatic heterocycles. The molecule has 0 aliphatic heterocycles. The zero-order valence-corrected chi connectivity index (χ0v) is 17.4. The molecule has 0 atom stereocenters. The SMILES string of the molecule is NS(=O)(=O)c1c(F)cc(-c2c(-c3cc(Br)cc(Br)c3)noc2C(F)F)cc1F. The third-order valence-electron chi connectivity index (χ3n) is 3.62. The molecule has 0 spiro atoms. The number of nitrogens with zero attached hydrogens (tertiary/aromatic N) is 1. The van der Waals surface area contributed by atoms with Crippen LogP contribution in [0.15, 0.2) is 48.7 Å². The van der Waals surface area contributed by atoms with Crippen molar-refractivity contribution in [3.05, 3.63) is 56.7 Å². The van der Waals surface area contributed by atoms with Crippen molar-refractivity contribution < 1.29 is 30.5 Å². The van der Waals surface area contributed by atoms with Gasteiger partial charge in [0.2, 0.25) is 15.8 Å². The summed E-state index contributed by atoms with van der Waals surface area (Å²) < 4.78 is 83.9. The van der Waals surface area contributed by atoms with Crippen molar-refractivity contribution in [1.82, 2.24) is 5.16 Å². The summed E-state index contributed by atoms with van der Waals surface area (Å²) in [6.45, 7) is 0. The van der Waals surface area contributed by atoms with Crippen LogP contribution < -0.4 is 5.14 Å². The maximum absolute atomic E-state index is 14.2. The predicted molar refractivity (Wildman–Crippen MR) is 99.0 cm³/mol. The molecule has 0 saturated heterocycles. The fourth-order valence-corrected chi connectivity index (χ4v) is 4.55. The third-order valence-corrected chi connectivity index (χ3v) is 5.50. The van der Waals surface area contributed by atoms with Crippen molar-refractivity contribution in [2.75, 3.05) is 0 Å². The second-order valence-electron chi connectivity index (χ2n) is 5.54. The molecule has 28 heavy (non-hydrogen) atoms. The van der Waals surface area contributed by atoms with Gasteiger partial charge in [-0.15, -0.1) is 0 Å². The number of hydrogen-bond acceptors (Lipinski definition) is 4. The summed E-state index contributed by atoms with van der Waals surface area (Å²) in [4.78, 5) is -1.36. The topological polar surface area (TPSA) is 86.2 Å². The zero-order valence-electron chi connectivity index (χ0n) is 13.4. The Morgan fingerprint density at radius 2 is 1.50 bits per heavy atom. The van der Waals surface area contributed by atoms with E-state index in [-0.39, 0.29) is 16.8 Å². The summed E-state index contributed by atoms with van der Waals surface area (Å²) in [6.07, 6.45) is -3.14. The third kappa shape index (κ3) is 4.00. The number of aromatic nitrogens is 1. The minimum atomic E-state index is -4.70. The van der Waals surface area contributed by atoms with Crippen molar-refractivity contribution in [1.29, 1.82) is 0 Å². The smallest absolute Gasteiger partial charge is 0.298 e. The van der Waals surface area contributed by atoms with Crippen molar-refractivity contribution in [2.45, 2.75) is 11.3 Å². The molecular formula is C16H8Br2F4N2O3S. The quantitative estimate of drug-likeness (QED) is 0.447. The van der Waals surface area contributed by atoms with Gasteiger partial charge in [-0.2, -0.15) is 0 Å². The van der Waals surface area contributed by atoms with Gasteiger partial charge in [-0.05, 0) is 35.9 Å². The fraction of sp³-hybridized carbons (Fsp3) is 0.0625. The molecule has 3 aromatic rings. The normalized spacial score (nSPS) is 12.0. The van der Waals surface area contributed by atoms with Crippen molar-refractivity contribution in [2.24, 2.45) is 5.14 Å². The maximum Gasteiger partial charge on any atom is 0.298 e. The average molecular weight is 544 g/mol. The van der Waals surface area contributed by atoms with Crippen molar-refractivity contribution in [3.63, 3.8) is 0 Å². The molecule has 0 aliphatic carbocycles. The first-order chi connectivity index (χ1) is 13.0. The maximum atomic E-state index is 14.2. The number of halogens is 6. The van der Waals surface area contributed by atoms with Crippen LogP contribution in [-0.2, 0) is 10.0 Å². The lowest BCUT2D eigenvalue weighted by atomic mass is 9.99. The van der Waals surface area contributed by atoms with Gasteiger partial charge < -0.3 is 4.52 Å². The molecule has 3 rings (SSSR count). The van der Waals surface area contributed by atoms with Crippen LogP contribution in [0, 0.1) is 11.6 Å². The van der Waals surface area contributed by atoms with Gasteiger partial charge in [-0.3, -0.25) is 0 Å². The number of primary sulfonamides is 1. The first kappa shape index (κ1) is 21.0. The molecule has 0 saturated carbocycles. The van der Waals surface area contributed by atoms with Crippen LogP contribution in [0.25, 0.3) is 22.4 Å². The van der Waals surface area contributed by atoms with Gasteiger partial charge in [0.05, 0.1) is 5.56 Å². The highest BCUT2D eigenvalue weighted by Gasteiger charge is 2.29. The minimum Gasteiger partial charge on any atom is -0.354 e. The van der Waals surface area contributed by atoms with E-state index in [1.165, 1.54) is 12.1 Å². The molecule has 0 unspecified atom stereocenters. The summed E-state index contributed by atoms with van der Waals surface area (Å²) in [6, 6.07) is 5.91. The molecule has 0 bridgehead atoms. The van der Waals surface area contributed by atoms with E-state index in [4.69, 9.17) is 9.66 Å². The number of hydrogen-bond donors (Lipinski definition) is 1. The Labute approximate surface area is 172 Å². The number of alkyl halides is 2. The number of nitrogens with two attached hydrogens (primary N) is 1. The van der Waals surface area contributed by atoms with E-state index >= 15 is 0 Å². The van der Waals surface area contributed by atoms with Crippen LogP contribution in [-0.4, -0.2) is 13.6 Å². The summed E-state index contributed by atoms with van der Waals surface area (Å²) in [5.41, 5.74) is -0.563. The van der Waals surface area contributed by atoms with Crippen LogP contribution in [0.4, 0.5) is 17.6 Å². The average Bonchev–Trinajstić information content (AvgIpc) is 2.96. The first-order valence-corrected chi connectivity index (χ1v) is 10.4. The number of sulfonamides is 1. The van der Waals surface area contributed by atoms with Crippen LogP contribution in [0.3, 0.4) is 0 Å². The summed E-state index contributed by atoms with van der Waals surface area (Å²) in [5.74, 6) is -3.98. The molecule has 2 aromatic carbocycles. The van der Waals surface area contributed by atoms with Crippen LogP contribution in [0.5, 0.6) is 0 Å². The van der Waals surface area contributed by atoms with E-state index < -0.39 is 38.7 Å². The standard InChI is InChI=1S/C16H8Br2F4N2O3S/c17-8-1-7(2-9(18)5-8)13-12(14(16(21)22)27-24-13)6-3-10(19)15(11(20)4-6)28(23,25)26/h1-5,16H,(H2,23,25,26). The summed E-state index contributed by atoms with van der Waals surface area (Å²) >= 11 is 6.49.